The van der Waals surface area contributed by atoms with Crippen LogP contribution < -0.4 is 0 Å². The summed E-state index contributed by atoms with van der Waals surface area (Å²) < 4.78 is 0. The van der Waals surface area contributed by atoms with Gasteiger partial charge in [-0.15, -0.1) is 11.3 Å². The Morgan fingerprint density at radius 1 is 0.692 bits per heavy atom. The average Bonchev–Trinajstić information content (AvgIpc) is 3.15. The average molecular weight is 357 g/mol. The predicted molar refractivity (Wildman–Crippen MR) is 107 cm³/mol. The SMILES string of the molecule is O=[N+]([O-])c1cccc(-c2cc(-c3ccccc3)c(-c3ccccc3)s2)c1. The maximum absolute atomic E-state index is 11.1. The summed E-state index contributed by atoms with van der Waals surface area (Å²) in [7, 11) is 0. The smallest absolute Gasteiger partial charge is 0.258 e. The Bertz CT molecular complexity index is 999. The second kappa shape index (κ2) is 6.94. The molecule has 0 aliphatic rings. The van der Waals surface area contributed by atoms with E-state index in [1.807, 2.05) is 42.5 Å². The van der Waals surface area contributed by atoms with Crippen molar-refractivity contribution in [2.75, 3.05) is 0 Å². The molecule has 4 rings (SSSR count). The van der Waals surface area contributed by atoms with E-state index in [0.717, 1.165) is 27.1 Å². The largest absolute Gasteiger partial charge is 0.270 e. The molecule has 0 fully saturated rings. The number of nitro benzene ring substituents is 1. The Morgan fingerprint density at radius 3 is 1.96 bits per heavy atom. The lowest BCUT2D eigenvalue weighted by molar-refractivity contribution is -0.384. The quantitative estimate of drug-likeness (QED) is 0.303. The van der Waals surface area contributed by atoms with Gasteiger partial charge >= 0.3 is 0 Å². The standard InChI is InChI=1S/C22H15NO2S/c24-23(25)19-13-7-12-18(14-19)21-15-20(16-8-3-1-4-9-16)22(26-21)17-10-5-2-6-11-17/h1-15H. The van der Waals surface area contributed by atoms with Crippen LogP contribution in [0, 0.1) is 10.1 Å². The van der Waals surface area contributed by atoms with E-state index in [0.29, 0.717) is 0 Å². The maximum atomic E-state index is 11.1. The molecule has 0 aliphatic heterocycles. The Morgan fingerprint density at radius 2 is 1.31 bits per heavy atom. The van der Waals surface area contributed by atoms with Crippen LogP contribution in [0.3, 0.4) is 0 Å². The van der Waals surface area contributed by atoms with Gasteiger partial charge in [0, 0.05) is 27.5 Å². The fourth-order valence-corrected chi connectivity index (χ4v) is 4.12. The third-order valence-electron chi connectivity index (χ3n) is 4.19. The number of rotatable bonds is 4. The topological polar surface area (TPSA) is 43.1 Å². The van der Waals surface area contributed by atoms with Crippen molar-refractivity contribution in [2.45, 2.75) is 0 Å². The number of nitrogens with zero attached hydrogens (tertiary/aromatic N) is 1. The molecule has 0 amide bonds. The summed E-state index contributed by atoms with van der Waals surface area (Å²) >= 11 is 1.66. The van der Waals surface area contributed by atoms with Gasteiger partial charge < -0.3 is 0 Å². The number of hydrogen-bond acceptors (Lipinski definition) is 3. The highest BCUT2D eigenvalue weighted by molar-refractivity contribution is 7.19. The third-order valence-corrected chi connectivity index (χ3v) is 5.43. The summed E-state index contributed by atoms with van der Waals surface area (Å²) in [6, 6.07) is 29.4. The van der Waals surface area contributed by atoms with Crippen molar-refractivity contribution in [1.82, 2.24) is 0 Å². The van der Waals surface area contributed by atoms with Gasteiger partial charge in [-0.25, -0.2) is 0 Å². The second-order valence-electron chi connectivity index (χ2n) is 5.89. The number of non-ortho nitro benzene ring substituents is 1. The van der Waals surface area contributed by atoms with Crippen LogP contribution in [0.2, 0.25) is 0 Å². The predicted octanol–water partition coefficient (Wildman–Crippen LogP) is 6.66. The van der Waals surface area contributed by atoms with Gasteiger partial charge in [0.25, 0.3) is 5.69 Å². The Hall–Kier alpha value is -3.24. The molecule has 0 spiro atoms. The molecule has 0 atom stereocenters. The summed E-state index contributed by atoms with van der Waals surface area (Å²) in [5.74, 6) is 0. The van der Waals surface area contributed by atoms with Crippen LogP contribution in [-0.4, -0.2) is 4.92 Å². The van der Waals surface area contributed by atoms with E-state index < -0.39 is 0 Å². The molecular formula is C22H15NO2S. The third kappa shape index (κ3) is 3.15. The molecule has 0 N–H and O–H groups in total. The van der Waals surface area contributed by atoms with Gasteiger partial charge in [-0.2, -0.15) is 0 Å². The first kappa shape index (κ1) is 16.2. The molecule has 4 aromatic rings. The number of nitro groups is 1. The van der Waals surface area contributed by atoms with Crippen LogP contribution in [0.15, 0.2) is 91.0 Å². The molecule has 0 saturated heterocycles. The van der Waals surface area contributed by atoms with E-state index in [1.165, 1.54) is 10.9 Å². The molecule has 1 heterocycles. The minimum atomic E-state index is -0.354. The number of thiophene rings is 1. The molecule has 0 bridgehead atoms. The fraction of sp³-hybridized carbons (Fsp3) is 0. The van der Waals surface area contributed by atoms with Gasteiger partial charge in [-0.05, 0) is 22.8 Å². The highest BCUT2D eigenvalue weighted by Gasteiger charge is 2.15. The maximum Gasteiger partial charge on any atom is 0.270 e. The summed E-state index contributed by atoms with van der Waals surface area (Å²) in [5.41, 5.74) is 4.40. The fourth-order valence-electron chi connectivity index (χ4n) is 2.94. The van der Waals surface area contributed by atoms with Crippen molar-refractivity contribution < 1.29 is 4.92 Å². The normalized spacial score (nSPS) is 10.6. The first-order valence-electron chi connectivity index (χ1n) is 8.22. The summed E-state index contributed by atoms with van der Waals surface area (Å²) in [5, 5.41) is 11.1. The van der Waals surface area contributed by atoms with Crippen LogP contribution in [0.5, 0.6) is 0 Å². The van der Waals surface area contributed by atoms with Gasteiger partial charge in [0.15, 0.2) is 0 Å². The number of hydrogen-bond donors (Lipinski definition) is 0. The first-order valence-corrected chi connectivity index (χ1v) is 9.03. The van der Waals surface area contributed by atoms with Gasteiger partial charge in [-0.3, -0.25) is 10.1 Å². The Labute approximate surface area is 155 Å². The van der Waals surface area contributed by atoms with Crippen LogP contribution in [0.4, 0.5) is 5.69 Å². The van der Waals surface area contributed by atoms with Crippen molar-refractivity contribution in [3.63, 3.8) is 0 Å². The Balaban J connectivity index is 1.89. The molecule has 0 radical (unpaired) electrons. The van der Waals surface area contributed by atoms with Crippen molar-refractivity contribution in [3.05, 3.63) is 101 Å². The monoisotopic (exact) mass is 357 g/mol. The van der Waals surface area contributed by atoms with Gasteiger partial charge in [0.05, 0.1) is 4.92 Å². The highest BCUT2D eigenvalue weighted by atomic mass is 32.1. The minimum absolute atomic E-state index is 0.110. The lowest BCUT2D eigenvalue weighted by Gasteiger charge is -2.03. The Kier molecular flexibility index (Phi) is 4.33. The van der Waals surface area contributed by atoms with E-state index in [4.69, 9.17) is 0 Å². The van der Waals surface area contributed by atoms with Crippen molar-refractivity contribution in [2.24, 2.45) is 0 Å². The molecule has 4 heteroatoms. The van der Waals surface area contributed by atoms with Crippen LogP contribution in [0.1, 0.15) is 0 Å². The lowest BCUT2D eigenvalue weighted by Crippen LogP contribution is -1.87. The van der Waals surface area contributed by atoms with Crippen LogP contribution in [0.25, 0.3) is 32.0 Å². The van der Waals surface area contributed by atoms with Gasteiger partial charge in [-0.1, -0.05) is 72.8 Å². The molecule has 0 unspecified atom stereocenters. The van der Waals surface area contributed by atoms with E-state index in [2.05, 4.69) is 30.3 Å². The molecule has 126 valence electrons. The summed E-state index contributed by atoms with van der Waals surface area (Å²) in [6.45, 7) is 0. The molecule has 0 saturated carbocycles. The number of benzene rings is 3. The first-order chi connectivity index (χ1) is 12.7. The molecule has 1 aromatic heterocycles. The zero-order chi connectivity index (χ0) is 17.9. The molecule has 0 aliphatic carbocycles. The highest BCUT2D eigenvalue weighted by Crippen LogP contribution is 2.43. The zero-order valence-corrected chi connectivity index (χ0v) is 14.6. The summed E-state index contributed by atoms with van der Waals surface area (Å²) in [6.07, 6.45) is 0. The summed E-state index contributed by atoms with van der Waals surface area (Å²) in [4.78, 5) is 12.9. The van der Waals surface area contributed by atoms with Gasteiger partial charge in [0.1, 0.15) is 0 Å². The second-order valence-corrected chi connectivity index (χ2v) is 6.95. The molecule has 3 aromatic carbocycles. The minimum Gasteiger partial charge on any atom is -0.258 e. The van der Waals surface area contributed by atoms with Gasteiger partial charge in [0.2, 0.25) is 0 Å². The van der Waals surface area contributed by atoms with Crippen molar-refractivity contribution in [3.8, 4) is 32.0 Å². The van der Waals surface area contributed by atoms with E-state index in [-0.39, 0.29) is 10.6 Å². The molecule has 26 heavy (non-hydrogen) atoms. The molecule has 3 nitrogen and oxygen atoms in total. The van der Waals surface area contributed by atoms with E-state index in [1.54, 1.807) is 23.5 Å². The van der Waals surface area contributed by atoms with E-state index in [9.17, 15) is 10.1 Å². The molecular weight excluding hydrogens is 342 g/mol. The van der Waals surface area contributed by atoms with Crippen molar-refractivity contribution in [1.29, 1.82) is 0 Å². The lowest BCUT2D eigenvalue weighted by atomic mass is 10.0. The van der Waals surface area contributed by atoms with Crippen LogP contribution >= 0.6 is 11.3 Å². The van der Waals surface area contributed by atoms with Crippen LogP contribution in [-0.2, 0) is 0 Å². The van der Waals surface area contributed by atoms with Crippen molar-refractivity contribution >= 4 is 17.0 Å². The zero-order valence-electron chi connectivity index (χ0n) is 13.8. The van der Waals surface area contributed by atoms with E-state index >= 15 is 0 Å².